The van der Waals surface area contributed by atoms with Crippen LogP contribution in [0.3, 0.4) is 0 Å². The number of aromatic hydroxyl groups is 1. The van der Waals surface area contributed by atoms with Crippen LogP contribution in [0.25, 0.3) is 0 Å². The summed E-state index contributed by atoms with van der Waals surface area (Å²) in [5.41, 5.74) is 12.8. The molecule has 0 heterocycles. The highest BCUT2D eigenvalue weighted by molar-refractivity contribution is 5.85. The third-order valence-corrected chi connectivity index (χ3v) is 1.84. The molecule has 1 rings (SSSR count). The molecule has 1 atom stereocenters. The van der Waals surface area contributed by atoms with Gasteiger partial charge in [0.25, 0.3) is 0 Å². The lowest BCUT2D eigenvalue weighted by molar-refractivity contribution is 0.461. The van der Waals surface area contributed by atoms with Crippen LogP contribution in [0.2, 0.25) is 0 Å². The van der Waals surface area contributed by atoms with Gasteiger partial charge in [0, 0.05) is 18.2 Å². The molecular formula is C9H15ClN2O. The van der Waals surface area contributed by atoms with Crippen molar-refractivity contribution in [3.63, 3.8) is 0 Å². The van der Waals surface area contributed by atoms with Crippen molar-refractivity contribution in [1.82, 2.24) is 0 Å². The molecule has 0 saturated heterocycles. The summed E-state index contributed by atoms with van der Waals surface area (Å²) in [5.74, 6) is 0.230. The van der Waals surface area contributed by atoms with Gasteiger partial charge >= 0.3 is 0 Å². The van der Waals surface area contributed by atoms with Gasteiger partial charge < -0.3 is 16.6 Å². The summed E-state index contributed by atoms with van der Waals surface area (Å²) < 4.78 is 0. The molecule has 0 bridgehead atoms. The zero-order valence-corrected chi connectivity index (χ0v) is 8.34. The number of phenols is 1. The van der Waals surface area contributed by atoms with E-state index in [2.05, 4.69) is 0 Å². The molecule has 74 valence electrons. The van der Waals surface area contributed by atoms with Crippen molar-refractivity contribution < 1.29 is 5.11 Å². The first kappa shape index (κ1) is 12.2. The Labute approximate surface area is 84.2 Å². The average Bonchev–Trinajstić information content (AvgIpc) is 2.03. The van der Waals surface area contributed by atoms with Crippen LogP contribution < -0.4 is 11.5 Å². The molecule has 4 heteroatoms. The molecule has 0 fully saturated rings. The Hall–Kier alpha value is -0.770. The standard InChI is InChI=1S/C9H14N2O.ClH/c1-6-2-3-7(8(11)5-10)9(12)4-6;/h2-4,8,12H,5,10-11H2,1H3;1H/t8-;/m1./s1. The van der Waals surface area contributed by atoms with Gasteiger partial charge in [-0.25, -0.2) is 0 Å². The SMILES string of the molecule is Cc1ccc([C@H](N)CN)c(O)c1.Cl. The molecule has 0 unspecified atom stereocenters. The summed E-state index contributed by atoms with van der Waals surface area (Å²) in [6.45, 7) is 2.26. The van der Waals surface area contributed by atoms with Gasteiger partial charge in [-0.1, -0.05) is 12.1 Å². The first-order valence-electron chi connectivity index (χ1n) is 3.90. The molecule has 0 aromatic heterocycles. The van der Waals surface area contributed by atoms with Crippen molar-refractivity contribution >= 4 is 12.4 Å². The van der Waals surface area contributed by atoms with E-state index in [1.54, 1.807) is 6.07 Å². The summed E-state index contributed by atoms with van der Waals surface area (Å²) in [7, 11) is 0. The van der Waals surface area contributed by atoms with Gasteiger partial charge in [-0.2, -0.15) is 0 Å². The third-order valence-electron chi connectivity index (χ3n) is 1.84. The Bertz CT molecular complexity index is 278. The lowest BCUT2D eigenvalue weighted by atomic mass is 10.0. The van der Waals surface area contributed by atoms with E-state index in [1.165, 1.54) is 0 Å². The molecule has 0 aliphatic rings. The molecule has 0 amide bonds. The zero-order chi connectivity index (χ0) is 9.14. The molecule has 0 spiro atoms. The van der Waals surface area contributed by atoms with Gasteiger partial charge in [-0.05, 0) is 18.6 Å². The number of hydrogen-bond acceptors (Lipinski definition) is 3. The zero-order valence-electron chi connectivity index (χ0n) is 7.53. The van der Waals surface area contributed by atoms with E-state index in [-0.39, 0.29) is 24.2 Å². The smallest absolute Gasteiger partial charge is 0.120 e. The summed E-state index contributed by atoms with van der Waals surface area (Å²) in [6.07, 6.45) is 0. The highest BCUT2D eigenvalue weighted by Crippen LogP contribution is 2.22. The van der Waals surface area contributed by atoms with E-state index >= 15 is 0 Å². The van der Waals surface area contributed by atoms with Crippen LogP contribution in [-0.4, -0.2) is 11.7 Å². The minimum Gasteiger partial charge on any atom is -0.508 e. The van der Waals surface area contributed by atoms with Crippen molar-refractivity contribution in [2.24, 2.45) is 11.5 Å². The molecule has 0 radical (unpaired) electrons. The van der Waals surface area contributed by atoms with Crippen molar-refractivity contribution in [3.05, 3.63) is 29.3 Å². The predicted molar refractivity (Wildman–Crippen MR) is 56.1 cm³/mol. The molecule has 5 N–H and O–H groups in total. The summed E-state index contributed by atoms with van der Waals surface area (Å²) >= 11 is 0. The van der Waals surface area contributed by atoms with Crippen molar-refractivity contribution in [2.45, 2.75) is 13.0 Å². The topological polar surface area (TPSA) is 72.3 Å². The molecule has 1 aromatic rings. The average molecular weight is 203 g/mol. The van der Waals surface area contributed by atoms with E-state index in [4.69, 9.17) is 11.5 Å². The molecular weight excluding hydrogens is 188 g/mol. The molecule has 3 nitrogen and oxygen atoms in total. The van der Waals surface area contributed by atoms with Crippen LogP contribution in [-0.2, 0) is 0 Å². The number of phenolic OH excluding ortho intramolecular Hbond substituents is 1. The van der Waals surface area contributed by atoms with Gasteiger partial charge in [0.15, 0.2) is 0 Å². The lowest BCUT2D eigenvalue weighted by Crippen LogP contribution is -2.20. The van der Waals surface area contributed by atoms with Crippen LogP contribution in [0.5, 0.6) is 5.75 Å². The number of rotatable bonds is 2. The largest absolute Gasteiger partial charge is 0.508 e. The number of benzene rings is 1. The van der Waals surface area contributed by atoms with Gasteiger partial charge in [0.1, 0.15) is 5.75 Å². The van der Waals surface area contributed by atoms with E-state index in [0.717, 1.165) is 5.56 Å². The van der Waals surface area contributed by atoms with E-state index in [1.807, 2.05) is 19.1 Å². The van der Waals surface area contributed by atoms with Gasteiger partial charge in [-0.3, -0.25) is 0 Å². The number of halogens is 1. The molecule has 0 saturated carbocycles. The first-order valence-corrected chi connectivity index (χ1v) is 3.90. The second-order valence-electron chi connectivity index (χ2n) is 2.90. The fourth-order valence-electron chi connectivity index (χ4n) is 1.09. The number of aryl methyl sites for hydroxylation is 1. The van der Waals surface area contributed by atoms with Gasteiger partial charge in [0.05, 0.1) is 0 Å². The Balaban J connectivity index is 0.00000144. The minimum atomic E-state index is -0.273. The van der Waals surface area contributed by atoms with Gasteiger partial charge in [0.2, 0.25) is 0 Å². The molecule has 0 aliphatic carbocycles. The summed E-state index contributed by atoms with van der Waals surface area (Å²) in [6, 6.07) is 5.13. The quantitative estimate of drug-likeness (QED) is 0.672. The maximum Gasteiger partial charge on any atom is 0.120 e. The van der Waals surface area contributed by atoms with Crippen LogP contribution in [0, 0.1) is 6.92 Å². The van der Waals surface area contributed by atoms with Crippen LogP contribution in [0.1, 0.15) is 17.2 Å². The maximum atomic E-state index is 9.46. The van der Waals surface area contributed by atoms with E-state index in [9.17, 15) is 5.11 Å². The lowest BCUT2D eigenvalue weighted by Gasteiger charge is -2.11. The van der Waals surface area contributed by atoms with Gasteiger partial charge in [-0.15, -0.1) is 12.4 Å². The number of hydrogen-bond donors (Lipinski definition) is 3. The first-order chi connectivity index (χ1) is 5.65. The normalized spacial score (nSPS) is 11.9. The second-order valence-corrected chi connectivity index (χ2v) is 2.90. The van der Waals surface area contributed by atoms with E-state index in [0.29, 0.717) is 12.1 Å². The highest BCUT2D eigenvalue weighted by atomic mass is 35.5. The molecule has 13 heavy (non-hydrogen) atoms. The third kappa shape index (κ3) is 2.88. The summed E-state index contributed by atoms with van der Waals surface area (Å²) in [4.78, 5) is 0. The minimum absolute atomic E-state index is 0. The maximum absolute atomic E-state index is 9.46. The Morgan fingerprint density at radius 1 is 1.46 bits per heavy atom. The Morgan fingerprint density at radius 2 is 2.08 bits per heavy atom. The van der Waals surface area contributed by atoms with Crippen LogP contribution in [0.15, 0.2) is 18.2 Å². The summed E-state index contributed by atoms with van der Waals surface area (Å²) in [5, 5.41) is 9.46. The van der Waals surface area contributed by atoms with Crippen LogP contribution >= 0.6 is 12.4 Å². The molecule has 1 aromatic carbocycles. The van der Waals surface area contributed by atoms with Crippen molar-refractivity contribution in [2.75, 3.05) is 6.54 Å². The fraction of sp³-hybridized carbons (Fsp3) is 0.333. The van der Waals surface area contributed by atoms with Crippen molar-refractivity contribution in [1.29, 1.82) is 0 Å². The van der Waals surface area contributed by atoms with Crippen LogP contribution in [0.4, 0.5) is 0 Å². The monoisotopic (exact) mass is 202 g/mol. The highest BCUT2D eigenvalue weighted by Gasteiger charge is 2.07. The fourth-order valence-corrected chi connectivity index (χ4v) is 1.09. The Kier molecular flexibility index (Phi) is 4.77. The second kappa shape index (κ2) is 5.07. The van der Waals surface area contributed by atoms with E-state index < -0.39 is 0 Å². The molecule has 0 aliphatic heterocycles. The number of nitrogens with two attached hydrogens (primary N) is 2. The predicted octanol–water partition coefficient (Wildman–Crippen LogP) is 1.08. The van der Waals surface area contributed by atoms with Crippen molar-refractivity contribution in [3.8, 4) is 5.75 Å². The Morgan fingerprint density at radius 3 is 2.54 bits per heavy atom.